The van der Waals surface area contributed by atoms with E-state index >= 15 is 0 Å². The third-order valence-corrected chi connectivity index (χ3v) is 6.09. The van der Waals surface area contributed by atoms with Gasteiger partial charge in [-0.2, -0.15) is 0 Å². The second-order valence-corrected chi connectivity index (χ2v) is 8.47. The molecule has 0 aromatic heterocycles. The lowest BCUT2D eigenvalue weighted by Gasteiger charge is -2.36. The summed E-state index contributed by atoms with van der Waals surface area (Å²) in [5, 5.41) is 10.8. The highest BCUT2D eigenvalue weighted by molar-refractivity contribution is 5.49. The van der Waals surface area contributed by atoms with Crippen LogP contribution in [-0.4, -0.2) is 38.6 Å². The molecule has 0 amide bonds. The Morgan fingerprint density at radius 1 is 0.611 bits per heavy atom. The van der Waals surface area contributed by atoms with Gasteiger partial charge in [0.05, 0.1) is 34.0 Å². The summed E-state index contributed by atoms with van der Waals surface area (Å²) >= 11 is 0. The molecule has 4 rings (SSSR count). The number of benzene rings is 4. The van der Waals surface area contributed by atoms with Gasteiger partial charge in [-0.3, -0.25) is 0 Å². The largest absolute Gasteiger partial charge is 0.497 e. The first-order valence-corrected chi connectivity index (χ1v) is 11.9. The summed E-state index contributed by atoms with van der Waals surface area (Å²) in [6.07, 6.45) is -0.812. The normalized spacial score (nSPS) is 12.2. The molecule has 0 unspecified atom stereocenters. The van der Waals surface area contributed by atoms with Crippen molar-refractivity contribution in [1.29, 1.82) is 0 Å². The highest BCUT2D eigenvalue weighted by Gasteiger charge is 2.38. The molecule has 0 radical (unpaired) electrons. The van der Waals surface area contributed by atoms with E-state index in [0.717, 1.165) is 33.8 Å². The van der Waals surface area contributed by atoms with Crippen LogP contribution in [-0.2, 0) is 21.7 Å². The lowest BCUT2D eigenvalue weighted by atomic mass is 9.80. The average Bonchev–Trinajstić information content (AvgIpc) is 2.95. The summed E-state index contributed by atoms with van der Waals surface area (Å²) in [4.78, 5) is 0. The van der Waals surface area contributed by atoms with Crippen molar-refractivity contribution in [2.75, 3.05) is 27.4 Å². The summed E-state index contributed by atoms with van der Waals surface area (Å²) in [5.41, 5.74) is 2.85. The Kier molecular flexibility index (Phi) is 8.74. The number of methoxy groups -OCH3 is 2. The van der Waals surface area contributed by atoms with Gasteiger partial charge in [0.25, 0.3) is 0 Å². The van der Waals surface area contributed by atoms with Crippen molar-refractivity contribution < 1.29 is 24.1 Å². The number of hydrogen-bond acceptors (Lipinski definition) is 5. The van der Waals surface area contributed by atoms with E-state index in [-0.39, 0.29) is 13.2 Å². The van der Waals surface area contributed by atoms with Crippen LogP contribution in [0, 0.1) is 0 Å². The Morgan fingerprint density at radius 3 is 1.58 bits per heavy atom. The molecule has 0 aliphatic carbocycles. The highest BCUT2D eigenvalue weighted by Crippen LogP contribution is 2.41. The predicted molar refractivity (Wildman–Crippen MR) is 140 cm³/mol. The first-order chi connectivity index (χ1) is 17.7. The van der Waals surface area contributed by atoms with Gasteiger partial charge in [0.2, 0.25) is 0 Å². The molecule has 0 bridgehead atoms. The molecular formula is C31H32O5. The van der Waals surface area contributed by atoms with Crippen LogP contribution in [0.2, 0.25) is 0 Å². The minimum Gasteiger partial charge on any atom is -0.497 e. The molecule has 0 aliphatic heterocycles. The van der Waals surface area contributed by atoms with Crippen molar-refractivity contribution in [3.05, 3.63) is 131 Å². The van der Waals surface area contributed by atoms with E-state index in [1.807, 2.05) is 109 Å². The lowest BCUT2D eigenvalue weighted by molar-refractivity contribution is -0.0662. The van der Waals surface area contributed by atoms with Crippen molar-refractivity contribution in [3.8, 4) is 11.5 Å². The summed E-state index contributed by atoms with van der Waals surface area (Å²) < 4.78 is 23.2. The van der Waals surface area contributed by atoms with Crippen LogP contribution in [0.4, 0.5) is 0 Å². The topological polar surface area (TPSA) is 57.2 Å². The fourth-order valence-corrected chi connectivity index (χ4v) is 4.23. The van der Waals surface area contributed by atoms with E-state index in [2.05, 4.69) is 0 Å². The predicted octanol–water partition coefficient (Wildman–Crippen LogP) is 5.59. The summed E-state index contributed by atoms with van der Waals surface area (Å²) in [5.74, 6) is 1.51. The summed E-state index contributed by atoms with van der Waals surface area (Å²) in [6.45, 7) is 0.658. The molecule has 1 N–H and O–H groups in total. The van der Waals surface area contributed by atoms with Crippen molar-refractivity contribution >= 4 is 0 Å². The molecule has 5 nitrogen and oxygen atoms in total. The zero-order valence-corrected chi connectivity index (χ0v) is 20.7. The van der Waals surface area contributed by atoms with Gasteiger partial charge in [0.15, 0.2) is 0 Å². The minimum atomic E-state index is -0.972. The van der Waals surface area contributed by atoms with Crippen molar-refractivity contribution in [3.63, 3.8) is 0 Å². The van der Waals surface area contributed by atoms with Gasteiger partial charge in [-0.1, -0.05) is 84.9 Å². The monoisotopic (exact) mass is 484 g/mol. The van der Waals surface area contributed by atoms with E-state index in [0.29, 0.717) is 6.61 Å². The number of rotatable bonds is 12. The van der Waals surface area contributed by atoms with Crippen LogP contribution >= 0.6 is 0 Å². The van der Waals surface area contributed by atoms with Crippen molar-refractivity contribution in [2.24, 2.45) is 0 Å². The van der Waals surface area contributed by atoms with Crippen LogP contribution in [0.3, 0.4) is 0 Å². The lowest BCUT2D eigenvalue weighted by Crippen LogP contribution is -2.36. The molecule has 186 valence electrons. The molecule has 4 aromatic carbocycles. The molecule has 0 spiro atoms. The second-order valence-electron chi connectivity index (χ2n) is 8.47. The Labute approximate surface area is 212 Å². The second kappa shape index (κ2) is 12.4. The summed E-state index contributed by atoms with van der Waals surface area (Å²) in [7, 11) is 3.29. The standard InChI is InChI=1S/C31H32O5/c1-33-29-17-13-26(14-18-29)31(25-11-7-4-8-12-25,27-15-19-30(34-2)20-16-27)36-23-28(32)22-35-21-24-9-5-3-6-10-24/h3-20,28,32H,21-23H2,1-2H3/t28-/m0/s1. The van der Waals surface area contributed by atoms with E-state index in [1.165, 1.54) is 0 Å². The molecule has 0 saturated heterocycles. The molecule has 4 aromatic rings. The van der Waals surface area contributed by atoms with Crippen LogP contribution in [0.25, 0.3) is 0 Å². The Bertz CT molecular complexity index is 1130. The first kappa shape index (κ1) is 25.5. The smallest absolute Gasteiger partial charge is 0.143 e. The minimum absolute atomic E-state index is 0.0712. The summed E-state index contributed by atoms with van der Waals surface area (Å²) in [6, 6.07) is 35.6. The third-order valence-electron chi connectivity index (χ3n) is 6.09. The molecule has 0 saturated carbocycles. The van der Waals surface area contributed by atoms with E-state index < -0.39 is 11.7 Å². The van der Waals surface area contributed by atoms with Gasteiger partial charge in [0.1, 0.15) is 23.2 Å². The average molecular weight is 485 g/mol. The molecule has 36 heavy (non-hydrogen) atoms. The van der Waals surface area contributed by atoms with E-state index in [4.69, 9.17) is 18.9 Å². The first-order valence-electron chi connectivity index (χ1n) is 11.9. The van der Waals surface area contributed by atoms with Crippen LogP contribution < -0.4 is 9.47 Å². The Morgan fingerprint density at radius 2 is 1.08 bits per heavy atom. The Balaban J connectivity index is 1.65. The maximum Gasteiger partial charge on any atom is 0.143 e. The van der Waals surface area contributed by atoms with Crippen molar-refractivity contribution in [2.45, 2.75) is 18.3 Å². The SMILES string of the molecule is COc1ccc(C(OC[C@@H](O)COCc2ccccc2)(c2ccccc2)c2ccc(OC)cc2)cc1. The molecule has 0 fully saturated rings. The van der Waals surface area contributed by atoms with Crippen LogP contribution in [0.15, 0.2) is 109 Å². The number of ether oxygens (including phenoxy) is 4. The number of hydrogen-bond donors (Lipinski definition) is 1. The number of aliphatic hydroxyl groups excluding tert-OH is 1. The third kappa shape index (κ3) is 5.94. The fourth-order valence-electron chi connectivity index (χ4n) is 4.23. The van der Waals surface area contributed by atoms with Gasteiger partial charge in [-0.15, -0.1) is 0 Å². The maximum absolute atomic E-state index is 10.8. The van der Waals surface area contributed by atoms with Crippen molar-refractivity contribution in [1.82, 2.24) is 0 Å². The zero-order chi connectivity index (χ0) is 25.2. The molecule has 1 atom stereocenters. The Hall–Kier alpha value is -3.64. The van der Waals surface area contributed by atoms with Crippen LogP contribution in [0.1, 0.15) is 22.3 Å². The van der Waals surface area contributed by atoms with Gasteiger partial charge >= 0.3 is 0 Å². The van der Waals surface area contributed by atoms with Gasteiger partial charge in [0, 0.05) is 0 Å². The van der Waals surface area contributed by atoms with E-state index in [9.17, 15) is 5.11 Å². The van der Waals surface area contributed by atoms with Crippen LogP contribution in [0.5, 0.6) is 11.5 Å². The number of aliphatic hydroxyl groups is 1. The molecule has 0 heterocycles. The highest BCUT2D eigenvalue weighted by atomic mass is 16.5. The molecule has 0 aliphatic rings. The zero-order valence-electron chi connectivity index (χ0n) is 20.7. The van der Waals surface area contributed by atoms with Gasteiger partial charge in [-0.25, -0.2) is 0 Å². The van der Waals surface area contributed by atoms with Gasteiger partial charge in [-0.05, 0) is 46.5 Å². The maximum atomic E-state index is 10.8. The molecular weight excluding hydrogens is 452 g/mol. The van der Waals surface area contributed by atoms with E-state index in [1.54, 1.807) is 14.2 Å². The van der Waals surface area contributed by atoms with Gasteiger partial charge < -0.3 is 24.1 Å². The molecule has 5 heteroatoms. The quantitative estimate of drug-likeness (QED) is 0.266. The fraction of sp³-hybridized carbons (Fsp3) is 0.226.